The second-order valence-electron chi connectivity index (χ2n) is 4.44. The van der Waals surface area contributed by atoms with Crippen molar-refractivity contribution in [2.24, 2.45) is 0 Å². The van der Waals surface area contributed by atoms with Crippen molar-refractivity contribution < 1.29 is 23.5 Å². The number of amides is 2. The minimum atomic E-state index is -0.683. The molecule has 1 heterocycles. The molecule has 0 saturated carbocycles. The fourth-order valence-corrected chi connectivity index (χ4v) is 2.00. The van der Waals surface area contributed by atoms with Crippen LogP contribution in [0.4, 0.5) is 0 Å². The number of hydrogen-bond donors (Lipinski definition) is 2. The predicted molar refractivity (Wildman–Crippen MR) is 88.5 cm³/mol. The van der Waals surface area contributed by atoms with Crippen LogP contribution >= 0.6 is 15.9 Å². The van der Waals surface area contributed by atoms with Crippen LogP contribution in [0.15, 0.2) is 57.6 Å². The molecule has 0 spiro atoms. The lowest BCUT2D eigenvalue weighted by Gasteiger charge is -2.05. The summed E-state index contributed by atoms with van der Waals surface area (Å²) in [4.78, 5) is 34.5. The van der Waals surface area contributed by atoms with E-state index in [4.69, 9.17) is 9.15 Å². The highest BCUT2D eigenvalue weighted by Crippen LogP contribution is 2.17. The van der Waals surface area contributed by atoms with Crippen LogP contribution in [0.2, 0.25) is 0 Å². The van der Waals surface area contributed by atoms with Crippen molar-refractivity contribution in [3.05, 3.63) is 64.5 Å². The largest absolute Gasteiger partial charge is 0.459 e. The van der Waals surface area contributed by atoms with Gasteiger partial charge in [0.2, 0.25) is 0 Å². The van der Waals surface area contributed by atoms with Crippen molar-refractivity contribution in [2.45, 2.75) is 0 Å². The number of hydrazine groups is 1. The molecule has 2 N–H and O–H groups in total. The van der Waals surface area contributed by atoms with E-state index in [1.54, 1.807) is 6.08 Å². The first-order valence-corrected chi connectivity index (χ1v) is 7.57. The van der Waals surface area contributed by atoms with Crippen LogP contribution in [0.5, 0.6) is 0 Å². The average Bonchev–Trinajstić information content (AvgIpc) is 3.11. The molecule has 0 radical (unpaired) electrons. The third-order valence-corrected chi connectivity index (χ3v) is 3.43. The number of rotatable bonds is 5. The molecule has 1 aromatic heterocycles. The van der Waals surface area contributed by atoms with Gasteiger partial charge in [-0.2, -0.15) is 0 Å². The predicted octanol–water partition coefficient (Wildman–Crippen LogP) is 2.06. The highest BCUT2D eigenvalue weighted by Gasteiger charge is 2.10. The molecule has 0 aliphatic heterocycles. The molecule has 2 rings (SSSR count). The highest BCUT2D eigenvalue weighted by molar-refractivity contribution is 9.10. The Labute approximate surface area is 145 Å². The minimum absolute atomic E-state index is 0.0451. The molecule has 0 bridgehead atoms. The van der Waals surface area contributed by atoms with E-state index in [1.807, 2.05) is 24.3 Å². The van der Waals surface area contributed by atoms with Crippen molar-refractivity contribution in [3.8, 4) is 0 Å². The number of hydrogen-bond acceptors (Lipinski definition) is 5. The summed E-state index contributed by atoms with van der Waals surface area (Å²) in [5.74, 6) is -1.94. The molecule has 1 aromatic carbocycles. The normalized spacial score (nSPS) is 10.4. The van der Waals surface area contributed by atoms with Gasteiger partial charge in [-0.1, -0.05) is 34.1 Å². The van der Waals surface area contributed by atoms with Crippen LogP contribution in [0.25, 0.3) is 6.08 Å². The van der Waals surface area contributed by atoms with Gasteiger partial charge in [0.25, 0.3) is 5.91 Å². The van der Waals surface area contributed by atoms with Gasteiger partial charge in [-0.3, -0.25) is 20.4 Å². The Balaban J connectivity index is 1.72. The third kappa shape index (κ3) is 5.40. The van der Waals surface area contributed by atoms with E-state index in [0.717, 1.165) is 10.0 Å². The van der Waals surface area contributed by atoms with Gasteiger partial charge in [-0.15, -0.1) is 0 Å². The Morgan fingerprint density at radius 2 is 1.92 bits per heavy atom. The van der Waals surface area contributed by atoms with Crippen molar-refractivity contribution in [2.75, 3.05) is 6.61 Å². The molecule has 0 unspecified atom stereocenters. The average molecular weight is 393 g/mol. The van der Waals surface area contributed by atoms with Crippen LogP contribution in [-0.4, -0.2) is 24.4 Å². The van der Waals surface area contributed by atoms with E-state index in [9.17, 15) is 14.4 Å². The molecule has 0 aliphatic rings. The number of nitrogens with one attached hydrogen (secondary N) is 2. The van der Waals surface area contributed by atoms with Gasteiger partial charge < -0.3 is 9.15 Å². The van der Waals surface area contributed by atoms with Crippen LogP contribution < -0.4 is 10.9 Å². The summed E-state index contributed by atoms with van der Waals surface area (Å²) in [6.07, 6.45) is 4.09. The fraction of sp³-hybridized carbons (Fsp3) is 0.0625. The number of carbonyl (C=O) groups is 3. The first-order chi connectivity index (χ1) is 11.6. The van der Waals surface area contributed by atoms with Crippen LogP contribution in [0.1, 0.15) is 16.1 Å². The van der Waals surface area contributed by atoms with E-state index in [0.29, 0.717) is 0 Å². The van der Waals surface area contributed by atoms with Crippen molar-refractivity contribution >= 4 is 39.8 Å². The number of furan rings is 1. The van der Waals surface area contributed by atoms with E-state index < -0.39 is 24.4 Å². The molecule has 0 atom stereocenters. The molecule has 124 valence electrons. The Bertz CT molecular complexity index is 756. The van der Waals surface area contributed by atoms with E-state index in [2.05, 4.69) is 26.8 Å². The summed E-state index contributed by atoms with van der Waals surface area (Å²) in [7, 11) is 0. The Hall–Kier alpha value is -2.87. The van der Waals surface area contributed by atoms with E-state index in [1.165, 1.54) is 24.5 Å². The molecule has 24 heavy (non-hydrogen) atoms. The molecular formula is C16H13BrN2O5. The summed E-state index contributed by atoms with van der Waals surface area (Å²) in [6, 6.07) is 10.3. The standard InChI is InChI=1S/C16H13BrN2O5/c17-12-5-2-1-4-11(12)7-8-15(21)24-10-14(20)18-19-16(22)13-6-3-9-23-13/h1-9H,10H2,(H,18,20)(H,19,22)/b8-7+. The number of benzene rings is 1. The number of ether oxygens (including phenoxy) is 1. The first-order valence-electron chi connectivity index (χ1n) is 6.78. The van der Waals surface area contributed by atoms with E-state index >= 15 is 0 Å². The van der Waals surface area contributed by atoms with Crippen LogP contribution in [0, 0.1) is 0 Å². The topological polar surface area (TPSA) is 97.6 Å². The summed E-state index contributed by atoms with van der Waals surface area (Å²) < 4.78 is 10.4. The number of carbonyl (C=O) groups excluding carboxylic acids is 3. The zero-order valence-electron chi connectivity index (χ0n) is 12.3. The minimum Gasteiger partial charge on any atom is -0.459 e. The van der Waals surface area contributed by atoms with Crippen LogP contribution in [0.3, 0.4) is 0 Å². The van der Waals surface area contributed by atoms with Gasteiger partial charge in [0.05, 0.1) is 6.26 Å². The molecule has 2 aromatic rings. The van der Waals surface area contributed by atoms with Crippen molar-refractivity contribution in [3.63, 3.8) is 0 Å². The van der Waals surface area contributed by atoms with Crippen LogP contribution in [-0.2, 0) is 14.3 Å². The Morgan fingerprint density at radius 3 is 2.62 bits per heavy atom. The lowest BCUT2D eigenvalue weighted by atomic mass is 10.2. The molecule has 0 saturated heterocycles. The monoisotopic (exact) mass is 392 g/mol. The summed E-state index contributed by atoms with van der Waals surface area (Å²) in [5, 5.41) is 0. The van der Waals surface area contributed by atoms with Gasteiger partial charge in [-0.05, 0) is 29.8 Å². The van der Waals surface area contributed by atoms with Crippen molar-refractivity contribution in [1.29, 1.82) is 0 Å². The van der Waals surface area contributed by atoms with Gasteiger partial charge in [-0.25, -0.2) is 4.79 Å². The summed E-state index contributed by atoms with van der Waals surface area (Å²) >= 11 is 3.34. The zero-order valence-corrected chi connectivity index (χ0v) is 13.9. The van der Waals surface area contributed by atoms with Gasteiger partial charge in [0, 0.05) is 10.5 Å². The van der Waals surface area contributed by atoms with Gasteiger partial charge >= 0.3 is 11.9 Å². The van der Waals surface area contributed by atoms with Gasteiger partial charge in [0.1, 0.15) is 0 Å². The maximum atomic E-state index is 11.6. The Morgan fingerprint density at radius 1 is 1.12 bits per heavy atom. The molecule has 2 amide bonds. The molecular weight excluding hydrogens is 380 g/mol. The SMILES string of the molecule is O=C(COC(=O)/C=C/c1ccccc1Br)NNC(=O)c1ccco1. The first kappa shape index (κ1) is 17.5. The summed E-state index contributed by atoms with van der Waals surface area (Å²) in [5.41, 5.74) is 5.02. The lowest BCUT2D eigenvalue weighted by Crippen LogP contribution is -2.43. The third-order valence-electron chi connectivity index (χ3n) is 2.71. The lowest BCUT2D eigenvalue weighted by molar-refractivity contribution is -0.144. The zero-order chi connectivity index (χ0) is 17.4. The molecule has 7 nitrogen and oxygen atoms in total. The van der Waals surface area contributed by atoms with Gasteiger partial charge in [0.15, 0.2) is 12.4 Å². The number of halogens is 1. The Kier molecular flexibility index (Phi) is 6.32. The number of esters is 1. The molecule has 8 heteroatoms. The molecule has 0 aliphatic carbocycles. The second kappa shape index (κ2) is 8.68. The fourth-order valence-electron chi connectivity index (χ4n) is 1.58. The maximum Gasteiger partial charge on any atom is 0.331 e. The smallest absolute Gasteiger partial charge is 0.331 e. The molecule has 0 fully saturated rings. The second-order valence-corrected chi connectivity index (χ2v) is 5.30. The van der Waals surface area contributed by atoms with E-state index in [-0.39, 0.29) is 5.76 Å². The quantitative estimate of drug-likeness (QED) is 0.461. The van der Waals surface area contributed by atoms with Crippen molar-refractivity contribution in [1.82, 2.24) is 10.9 Å². The highest BCUT2D eigenvalue weighted by atomic mass is 79.9. The maximum absolute atomic E-state index is 11.6. The summed E-state index contributed by atoms with van der Waals surface area (Å²) in [6.45, 7) is -0.530.